The SMILES string of the molecule is COc1cccc(Sc2ncc(C)cn2)c1[C@H](C)O. The molecule has 0 radical (unpaired) electrons. The van der Waals surface area contributed by atoms with Crippen LogP contribution in [-0.2, 0) is 0 Å². The van der Waals surface area contributed by atoms with Gasteiger partial charge >= 0.3 is 0 Å². The zero-order chi connectivity index (χ0) is 13.8. The van der Waals surface area contributed by atoms with E-state index in [1.807, 2.05) is 25.1 Å². The third-order valence-electron chi connectivity index (χ3n) is 2.62. The normalized spacial score (nSPS) is 12.2. The average Bonchev–Trinajstić information content (AvgIpc) is 2.40. The van der Waals surface area contributed by atoms with E-state index in [9.17, 15) is 5.11 Å². The maximum Gasteiger partial charge on any atom is 0.192 e. The molecule has 0 aliphatic heterocycles. The molecule has 0 saturated carbocycles. The molecule has 0 spiro atoms. The summed E-state index contributed by atoms with van der Waals surface area (Å²) in [4.78, 5) is 9.42. The number of methoxy groups -OCH3 is 1. The van der Waals surface area contributed by atoms with Gasteiger partial charge in [-0.15, -0.1) is 0 Å². The van der Waals surface area contributed by atoms with Crippen molar-refractivity contribution in [3.8, 4) is 5.75 Å². The van der Waals surface area contributed by atoms with Crippen LogP contribution in [0.3, 0.4) is 0 Å². The minimum absolute atomic E-state index is 0.607. The highest BCUT2D eigenvalue weighted by Gasteiger charge is 2.15. The molecule has 1 N–H and O–H groups in total. The molecule has 19 heavy (non-hydrogen) atoms. The molecule has 100 valence electrons. The van der Waals surface area contributed by atoms with Crippen molar-refractivity contribution in [3.05, 3.63) is 41.7 Å². The molecule has 0 bridgehead atoms. The lowest BCUT2D eigenvalue weighted by molar-refractivity contribution is 0.191. The molecule has 4 nitrogen and oxygen atoms in total. The van der Waals surface area contributed by atoms with Crippen LogP contribution in [0.15, 0.2) is 40.6 Å². The molecule has 1 atom stereocenters. The summed E-state index contributed by atoms with van der Waals surface area (Å²) in [6.07, 6.45) is 2.94. The first kappa shape index (κ1) is 13.8. The zero-order valence-corrected chi connectivity index (χ0v) is 11.9. The van der Waals surface area contributed by atoms with Gasteiger partial charge in [0.25, 0.3) is 0 Å². The van der Waals surface area contributed by atoms with E-state index in [0.717, 1.165) is 16.0 Å². The predicted octanol–water partition coefficient (Wildman–Crippen LogP) is 3.00. The van der Waals surface area contributed by atoms with Crippen LogP contribution in [0.2, 0.25) is 0 Å². The average molecular weight is 276 g/mol. The molecule has 1 heterocycles. The highest BCUT2D eigenvalue weighted by atomic mass is 32.2. The van der Waals surface area contributed by atoms with E-state index in [1.165, 1.54) is 11.8 Å². The molecule has 1 aromatic carbocycles. The molecule has 0 aliphatic rings. The van der Waals surface area contributed by atoms with E-state index < -0.39 is 6.10 Å². The van der Waals surface area contributed by atoms with Gasteiger partial charge in [0.1, 0.15) is 5.75 Å². The van der Waals surface area contributed by atoms with Gasteiger partial charge in [-0.3, -0.25) is 0 Å². The van der Waals surface area contributed by atoms with Gasteiger partial charge in [0.15, 0.2) is 5.16 Å². The molecule has 2 rings (SSSR count). The Kier molecular flexibility index (Phi) is 4.39. The highest BCUT2D eigenvalue weighted by molar-refractivity contribution is 7.99. The van der Waals surface area contributed by atoms with Crippen LogP contribution >= 0.6 is 11.8 Å². The first-order valence-electron chi connectivity index (χ1n) is 5.93. The Balaban J connectivity index is 2.36. The van der Waals surface area contributed by atoms with Gasteiger partial charge in [0.2, 0.25) is 0 Å². The molecule has 0 fully saturated rings. The molecule has 5 heteroatoms. The van der Waals surface area contributed by atoms with E-state index in [4.69, 9.17) is 4.74 Å². The van der Waals surface area contributed by atoms with Crippen LogP contribution < -0.4 is 4.74 Å². The monoisotopic (exact) mass is 276 g/mol. The fraction of sp³-hybridized carbons (Fsp3) is 0.286. The molecule has 0 unspecified atom stereocenters. The van der Waals surface area contributed by atoms with Crippen molar-refractivity contribution in [1.82, 2.24) is 9.97 Å². The Morgan fingerprint density at radius 2 is 1.95 bits per heavy atom. The van der Waals surface area contributed by atoms with Gasteiger partial charge in [-0.25, -0.2) is 9.97 Å². The second-order valence-electron chi connectivity index (χ2n) is 4.19. The Morgan fingerprint density at radius 1 is 1.26 bits per heavy atom. The van der Waals surface area contributed by atoms with Crippen LogP contribution in [0.1, 0.15) is 24.2 Å². The largest absolute Gasteiger partial charge is 0.496 e. The lowest BCUT2D eigenvalue weighted by Crippen LogP contribution is -1.99. The Hall–Kier alpha value is -1.59. The minimum Gasteiger partial charge on any atom is -0.496 e. The van der Waals surface area contributed by atoms with E-state index in [1.54, 1.807) is 26.4 Å². The molecular weight excluding hydrogens is 260 g/mol. The summed E-state index contributed by atoms with van der Waals surface area (Å²) in [6, 6.07) is 5.65. The van der Waals surface area contributed by atoms with E-state index in [-0.39, 0.29) is 0 Å². The molecule has 0 aliphatic carbocycles. The Morgan fingerprint density at radius 3 is 2.53 bits per heavy atom. The zero-order valence-electron chi connectivity index (χ0n) is 11.1. The lowest BCUT2D eigenvalue weighted by Gasteiger charge is -2.15. The first-order chi connectivity index (χ1) is 9.11. The van der Waals surface area contributed by atoms with Crippen LogP contribution in [-0.4, -0.2) is 22.2 Å². The molecule has 2 aromatic rings. The third-order valence-corrected chi connectivity index (χ3v) is 3.59. The first-order valence-corrected chi connectivity index (χ1v) is 6.75. The third kappa shape index (κ3) is 3.24. The topological polar surface area (TPSA) is 55.2 Å². The number of hydrogen-bond acceptors (Lipinski definition) is 5. The number of rotatable bonds is 4. The summed E-state index contributed by atoms with van der Waals surface area (Å²) in [5, 5.41) is 10.6. The van der Waals surface area contributed by atoms with Crippen LogP contribution in [0.25, 0.3) is 0 Å². The number of ether oxygens (including phenoxy) is 1. The van der Waals surface area contributed by atoms with Crippen LogP contribution in [0.5, 0.6) is 5.75 Å². The number of aromatic nitrogens is 2. The van der Waals surface area contributed by atoms with E-state index >= 15 is 0 Å². The van der Waals surface area contributed by atoms with Crippen LogP contribution in [0.4, 0.5) is 0 Å². The predicted molar refractivity (Wildman–Crippen MR) is 74.5 cm³/mol. The summed E-state index contributed by atoms with van der Waals surface area (Å²) in [7, 11) is 1.60. The van der Waals surface area contributed by atoms with Crippen LogP contribution in [0, 0.1) is 6.92 Å². The van der Waals surface area contributed by atoms with Gasteiger partial charge in [0.05, 0.1) is 13.2 Å². The summed E-state index contributed by atoms with van der Waals surface area (Å²) >= 11 is 1.42. The van der Waals surface area contributed by atoms with Gasteiger partial charge in [-0.1, -0.05) is 6.07 Å². The molecule has 0 amide bonds. The Bertz CT molecular complexity index is 556. The number of benzene rings is 1. The maximum absolute atomic E-state index is 9.90. The molecular formula is C14H16N2O2S. The second kappa shape index (κ2) is 6.04. The number of aliphatic hydroxyl groups is 1. The van der Waals surface area contributed by atoms with Crippen molar-refractivity contribution in [2.24, 2.45) is 0 Å². The van der Waals surface area contributed by atoms with Gasteiger partial charge < -0.3 is 9.84 Å². The number of aliphatic hydroxyl groups excluding tert-OH is 1. The van der Waals surface area contributed by atoms with Crippen molar-refractivity contribution in [1.29, 1.82) is 0 Å². The summed E-state index contributed by atoms with van der Waals surface area (Å²) in [5.41, 5.74) is 1.78. The molecule has 0 saturated heterocycles. The highest BCUT2D eigenvalue weighted by Crippen LogP contribution is 2.36. The van der Waals surface area contributed by atoms with E-state index in [0.29, 0.717) is 10.9 Å². The summed E-state index contributed by atoms with van der Waals surface area (Å²) in [5.74, 6) is 0.673. The van der Waals surface area contributed by atoms with Crippen molar-refractivity contribution in [3.63, 3.8) is 0 Å². The fourth-order valence-electron chi connectivity index (χ4n) is 1.73. The van der Waals surface area contributed by atoms with Crippen molar-refractivity contribution < 1.29 is 9.84 Å². The molecule has 1 aromatic heterocycles. The maximum atomic E-state index is 9.90. The fourth-order valence-corrected chi connectivity index (χ4v) is 2.67. The number of nitrogens with zero attached hydrogens (tertiary/aromatic N) is 2. The quantitative estimate of drug-likeness (QED) is 0.870. The standard InChI is InChI=1S/C14H16N2O2S/c1-9-7-15-14(16-8-9)19-12-6-4-5-11(18-3)13(12)10(2)17/h4-8,10,17H,1-3H3/t10-/m0/s1. The van der Waals surface area contributed by atoms with Crippen molar-refractivity contribution in [2.75, 3.05) is 7.11 Å². The number of aryl methyl sites for hydroxylation is 1. The Labute approximate surface area is 116 Å². The summed E-state index contributed by atoms with van der Waals surface area (Å²) in [6.45, 7) is 3.67. The van der Waals surface area contributed by atoms with E-state index in [2.05, 4.69) is 9.97 Å². The smallest absolute Gasteiger partial charge is 0.192 e. The number of hydrogen-bond donors (Lipinski definition) is 1. The van der Waals surface area contributed by atoms with Gasteiger partial charge in [-0.2, -0.15) is 0 Å². The van der Waals surface area contributed by atoms with Crippen molar-refractivity contribution >= 4 is 11.8 Å². The second-order valence-corrected chi connectivity index (χ2v) is 5.20. The minimum atomic E-state index is -0.607. The van der Waals surface area contributed by atoms with Crippen molar-refractivity contribution in [2.45, 2.75) is 30.0 Å². The van der Waals surface area contributed by atoms with Gasteiger partial charge in [-0.05, 0) is 43.3 Å². The summed E-state index contributed by atoms with van der Waals surface area (Å²) < 4.78 is 5.29. The van der Waals surface area contributed by atoms with Gasteiger partial charge in [0, 0.05) is 22.9 Å². The lowest BCUT2D eigenvalue weighted by atomic mass is 10.1.